The van der Waals surface area contributed by atoms with Gasteiger partial charge in [0.1, 0.15) is 30.1 Å². The Balaban J connectivity index is 1.79. The summed E-state index contributed by atoms with van der Waals surface area (Å²) in [5, 5.41) is 24.5. The molecule has 3 unspecified atom stereocenters. The normalized spacial score (nSPS) is 28.0. The number of rotatable bonds is 11. The molecule has 0 bridgehead atoms. The fraction of sp³-hybridized carbons (Fsp3) is 0.500. The SMILES string of the molecule is CC1(C#N)[C@H](O)[C@@H](COP(=O)(O)OP(=O)(ON)OP(=O)(ON)ON)O[C@H]1c1cnc2c(N)ncnn12. The Bertz CT molecular complexity index is 1300. The topological polar surface area (TPSA) is 327 Å². The predicted octanol–water partition coefficient (Wildman–Crippen LogP) is -0.926. The summed E-state index contributed by atoms with van der Waals surface area (Å²) >= 11 is 0. The van der Waals surface area contributed by atoms with E-state index in [1.165, 1.54) is 17.6 Å². The predicted molar refractivity (Wildman–Crippen MR) is 112 cm³/mol. The summed E-state index contributed by atoms with van der Waals surface area (Å²) in [5.74, 6) is 14.0. The molecule has 1 fully saturated rings. The van der Waals surface area contributed by atoms with E-state index in [4.69, 9.17) is 16.4 Å². The number of hydrogen-bond acceptors (Lipinski definition) is 19. The third-order valence-electron chi connectivity index (χ3n) is 4.88. The molecule has 1 aliphatic heterocycles. The third kappa shape index (κ3) is 5.49. The molecule has 200 valence electrons. The molecular weight excluding hydrogens is 555 g/mol. The quantitative estimate of drug-likeness (QED) is 0.139. The summed E-state index contributed by atoms with van der Waals surface area (Å²) in [5.41, 5.74) is 4.45. The van der Waals surface area contributed by atoms with Gasteiger partial charge < -0.3 is 20.5 Å². The number of hydrogen-bond donors (Lipinski definition) is 6. The number of imidazole rings is 1. The largest absolute Gasteiger partial charge is 0.516 e. The molecule has 2 aromatic heterocycles. The Hall–Kier alpha value is -1.95. The van der Waals surface area contributed by atoms with Crippen LogP contribution in [0.5, 0.6) is 0 Å². The van der Waals surface area contributed by atoms with Gasteiger partial charge in [0.05, 0.1) is 24.6 Å². The van der Waals surface area contributed by atoms with Gasteiger partial charge in [0, 0.05) is 0 Å². The molecule has 6 atom stereocenters. The fourth-order valence-corrected chi connectivity index (χ4v) is 6.72. The first-order valence-corrected chi connectivity index (χ1v) is 13.6. The van der Waals surface area contributed by atoms with Crippen molar-refractivity contribution in [2.75, 3.05) is 12.3 Å². The van der Waals surface area contributed by atoms with Gasteiger partial charge in [-0.25, -0.2) is 50.5 Å². The van der Waals surface area contributed by atoms with Crippen LogP contribution in [0.4, 0.5) is 5.82 Å². The van der Waals surface area contributed by atoms with Crippen LogP contribution in [-0.4, -0.2) is 48.4 Å². The van der Waals surface area contributed by atoms with Crippen LogP contribution in [-0.2, 0) is 45.5 Å². The van der Waals surface area contributed by atoms with Crippen LogP contribution in [0.2, 0.25) is 0 Å². The van der Waals surface area contributed by atoms with Gasteiger partial charge in [-0.1, -0.05) is 0 Å². The van der Waals surface area contributed by atoms with Crippen LogP contribution in [0.1, 0.15) is 18.7 Å². The second-order valence-electron chi connectivity index (χ2n) is 7.10. The average Bonchev–Trinajstić information content (AvgIpc) is 3.37. The minimum absolute atomic E-state index is 0.0325. The van der Waals surface area contributed by atoms with Crippen LogP contribution in [0.3, 0.4) is 0 Å². The molecule has 0 spiro atoms. The van der Waals surface area contributed by atoms with E-state index in [-0.39, 0.29) is 17.2 Å². The van der Waals surface area contributed by atoms with Crippen molar-refractivity contribution in [2.45, 2.75) is 25.2 Å². The first kappa shape index (κ1) is 28.6. The lowest BCUT2D eigenvalue weighted by Gasteiger charge is -2.24. The van der Waals surface area contributed by atoms with E-state index < -0.39 is 53.8 Å². The molecule has 10 N–H and O–H groups in total. The van der Waals surface area contributed by atoms with Gasteiger partial charge in [0.25, 0.3) is 0 Å². The van der Waals surface area contributed by atoms with E-state index in [1.807, 2.05) is 6.07 Å². The molecule has 1 saturated heterocycles. The van der Waals surface area contributed by atoms with Crippen LogP contribution < -0.4 is 23.4 Å². The molecule has 0 aliphatic carbocycles. The van der Waals surface area contributed by atoms with Crippen LogP contribution >= 0.6 is 23.5 Å². The molecule has 0 amide bonds. The maximum atomic E-state index is 12.3. The Labute approximate surface area is 200 Å². The molecule has 3 heterocycles. The van der Waals surface area contributed by atoms with E-state index in [0.29, 0.717) is 0 Å². The number of nitrogen functional groups attached to an aromatic ring is 1. The summed E-state index contributed by atoms with van der Waals surface area (Å²) in [6, 6.07) is 1.93. The lowest BCUT2D eigenvalue weighted by Crippen LogP contribution is -2.36. The van der Waals surface area contributed by atoms with Gasteiger partial charge in [0.2, 0.25) is 0 Å². The van der Waals surface area contributed by atoms with Gasteiger partial charge >= 0.3 is 23.5 Å². The summed E-state index contributed by atoms with van der Waals surface area (Å²) in [6.45, 7) is 0.433. The van der Waals surface area contributed by atoms with Gasteiger partial charge in [-0.15, -0.1) is 0 Å². The zero-order valence-corrected chi connectivity index (χ0v) is 20.6. The van der Waals surface area contributed by atoms with Crippen molar-refractivity contribution in [3.8, 4) is 6.07 Å². The number of aliphatic hydroxyl groups is 1. The number of phosphoric acid groups is 3. The van der Waals surface area contributed by atoms with E-state index >= 15 is 0 Å². The lowest BCUT2D eigenvalue weighted by molar-refractivity contribution is -0.0238. The van der Waals surface area contributed by atoms with Crippen molar-refractivity contribution in [2.24, 2.45) is 23.1 Å². The molecule has 0 radical (unpaired) electrons. The van der Waals surface area contributed by atoms with Crippen LogP contribution in [0.25, 0.3) is 5.65 Å². The summed E-state index contributed by atoms with van der Waals surface area (Å²) in [7, 11) is -15.8. The number of anilines is 1. The second kappa shape index (κ2) is 10.4. The number of aliphatic hydroxyl groups excluding tert-OH is 1. The molecule has 36 heavy (non-hydrogen) atoms. The smallest absolute Gasteiger partial charge is 0.389 e. The summed E-state index contributed by atoms with van der Waals surface area (Å²) in [6.07, 6.45) is -1.81. The van der Waals surface area contributed by atoms with Crippen molar-refractivity contribution in [1.29, 1.82) is 5.26 Å². The molecule has 0 saturated carbocycles. The standard InChI is InChI=1S/C12H20N9O12P3/c1-12(4-13)8(22)7(28-9(12)6-2-18-11-10(14)19-5-20-21(6)11)3-27-34(23,24)32-36(26,31-17)33-35(25,29-15)30-16/h2,5,7-9,22H,3,15-17H2,1H3,(H,23,24)(H2,14,19,20)/t7-,8-,9+,12?,36?/m1/s1. The highest BCUT2D eigenvalue weighted by molar-refractivity contribution is 7.67. The Kier molecular flexibility index (Phi) is 8.29. The molecule has 3 rings (SSSR count). The number of fused-ring (bicyclic) bond motifs is 1. The third-order valence-corrected chi connectivity index (χ3v) is 9.36. The van der Waals surface area contributed by atoms with E-state index in [9.17, 15) is 29.0 Å². The Morgan fingerprint density at radius 1 is 1.19 bits per heavy atom. The minimum Gasteiger partial charge on any atom is -0.389 e. The zero-order chi connectivity index (χ0) is 26.9. The highest BCUT2D eigenvalue weighted by Crippen LogP contribution is 2.70. The Morgan fingerprint density at radius 3 is 2.42 bits per heavy atom. The molecule has 1 aliphatic rings. The van der Waals surface area contributed by atoms with Crippen molar-refractivity contribution < 1.29 is 55.5 Å². The van der Waals surface area contributed by atoms with Gasteiger partial charge in [-0.2, -0.15) is 28.2 Å². The Morgan fingerprint density at radius 2 is 1.83 bits per heavy atom. The number of phosphoric ester groups is 1. The summed E-state index contributed by atoms with van der Waals surface area (Å²) < 4.78 is 67.7. The van der Waals surface area contributed by atoms with Crippen LogP contribution in [0, 0.1) is 16.7 Å². The van der Waals surface area contributed by atoms with Crippen molar-refractivity contribution in [3.63, 3.8) is 0 Å². The van der Waals surface area contributed by atoms with E-state index in [2.05, 4.69) is 53.9 Å². The molecule has 2 aromatic rings. The first-order chi connectivity index (χ1) is 16.8. The monoisotopic (exact) mass is 575 g/mol. The molecule has 24 heteroatoms. The molecule has 21 nitrogen and oxygen atoms in total. The molecular formula is C12H20N9O12P3. The van der Waals surface area contributed by atoms with E-state index in [1.54, 1.807) is 0 Å². The number of nitriles is 1. The first-order valence-electron chi connectivity index (χ1n) is 9.21. The fourth-order valence-electron chi connectivity index (χ4n) is 3.15. The average molecular weight is 575 g/mol. The van der Waals surface area contributed by atoms with E-state index in [0.717, 1.165) is 6.33 Å². The molecule has 0 aromatic carbocycles. The highest BCUT2D eigenvalue weighted by Gasteiger charge is 2.56. The van der Waals surface area contributed by atoms with Crippen molar-refractivity contribution in [3.05, 3.63) is 18.2 Å². The number of aromatic nitrogens is 4. The summed E-state index contributed by atoms with van der Waals surface area (Å²) in [4.78, 5) is 17.8. The van der Waals surface area contributed by atoms with Crippen molar-refractivity contribution >= 4 is 34.9 Å². The minimum atomic E-state index is -5.43. The van der Waals surface area contributed by atoms with Gasteiger partial charge in [0.15, 0.2) is 11.5 Å². The number of ether oxygens (including phenoxy) is 1. The lowest BCUT2D eigenvalue weighted by atomic mass is 9.80. The maximum Gasteiger partial charge on any atom is 0.516 e. The number of nitrogens with zero attached hydrogens (tertiary/aromatic N) is 5. The van der Waals surface area contributed by atoms with Crippen LogP contribution in [0.15, 0.2) is 12.5 Å². The second-order valence-corrected chi connectivity index (χ2v) is 12.0. The highest BCUT2D eigenvalue weighted by atomic mass is 31.3. The number of nitrogens with two attached hydrogens (primary N) is 4. The zero-order valence-electron chi connectivity index (χ0n) is 18.0. The van der Waals surface area contributed by atoms with Gasteiger partial charge in [-0.05, 0) is 6.92 Å². The van der Waals surface area contributed by atoms with Gasteiger partial charge in [-0.3, -0.25) is 4.52 Å². The van der Waals surface area contributed by atoms with Crippen molar-refractivity contribution in [1.82, 2.24) is 19.6 Å². The maximum absolute atomic E-state index is 12.3.